The van der Waals surface area contributed by atoms with Crippen molar-refractivity contribution in [2.24, 2.45) is 0 Å². The monoisotopic (exact) mass is 218 g/mol. The highest BCUT2D eigenvalue weighted by atomic mass is 32.2. The van der Waals surface area contributed by atoms with Crippen molar-refractivity contribution >= 4 is 29.8 Å². The van der Waals surface area contributed by atoms with Crippen molar-refractivity contribution in [3.8, 4) is 0 Å². The van der Waals surface area contributed by atoms with Gasteiger partial charge in [-0.1, -0.05) is 0 Å². The number of thioether (sulfide) groups is 1. The molecule has 0 bridgehead atoms. The summed E-state index contributed by atoms with van der Waals surface area (Å²) in [5.41, 5.74) is 0. The van der Waals surface area contributed by atoms with Crippen molar-refractivity contribution in [3.63, 3.8) is 0 Å². The summed E-state index contributed by atoms with van der Waals surface area (Å²) in [6, 6.07) is -1.72. The van der Waals surface area contributed by atoms with Gasteiger partial charge in [-0.3, -0.25) is 10.1 Å². The van der Waals surface area contributed by atoms with Crippen LogP contribution in [0.2, 0.25) is 0 Å². The van der Waals surface area contributed by atoms with Gasteiger partial charge >= 0.3 is 12.1 Å². The van der Waals surface area contributed by atoms with Crippen LogP contribution in [0, 0.1) is 0 Å². The fraction of sp³-hybridized carbons (Fsp3) is 0.571. The lowest BCUT2D eigenvalue weighted by Gasteiger charge is -2.15. The summed E-state index contributed by atoms with van der Waals surface area (Å²) in [6.07, 6.45) is 0.810. The molecule has 0 spiro atoms. The zero-order chi connectivity index (χ0) is 10.7. The highest BCUT2D eigenvalue weighted by molar-refractivity contribution is 7.98. The molecule has 1 saturated heterocycles. The van der Waals surface area contributed by atoms with Gasteiger partial charge in [0.05, 0.1) is 0 Å². The molecule has 4 amide bonds. The summed E-state index contributed by atoms with van der Waals surface area (Å²) >= 11 is 1.49. The molecule has 0 radical (unpaired) electrons. The van der Waals surface area contributed by atoms with Crippen LogP contribution in [0.4, 0.5) is 9.59 Å². The molecule has 0 aromatic heterocycles. The van der Waals surface area contributed by atoms with Crippen LogP contribution in [0.25, 0.3) is 0 Å². The van der Waals surface area contributed by atoms with Crippen LogP contribution >= 0.6 is 11.8 Å². The minimum atomic E-state index is -1.39. The average molecular weight is 218 g/mol. The van der Waals surface area contributed by atoms with E-state index in [1.165, 1.54) is 11.8 Å². The van der Waals surface area contributed by atoms with Crippen molar-refractivity contribution in [2.45, 2.75) is 12.5 Å². The SMILES string of the molecule is CSCCC1C(=O)NC(=O)N1C(=O)O. The third kappa shape index (κ3) is 1.98. The molecule has 1 aliphatic heterocycles. The number of amides is 4. The fourth-order valence-electron chi connectivity index (χ4n) is 1.22. The van der Waals surface area contributed by atoms with Crippen LogP contribution < -0.4 is 5.32 Å². The van der Waals surface area contributed by atoms with E-state index in [0.717, 1.165) is 0 Å². The number of carbonyl (C=O) groups excluding carboxylic acids is 2. The molecular weight excluding hydrogens is 208 g/mol. The molecule has 0 saturated carbocycles. The minimum Gasteiger partial charge on any atom is -0.465 e. The van der Waals surface area contributed by atoms with Gasteiger partial charge in [-0.2, -0.15) is 11.8 Å². The Morgan fingerprint density at radius 3 is 2.79 bits per heavy atom. The number of hydrogen-bond donors (Lipinski definition) is 2. The van der Waals surface area contributed by atoms with Crippen molar-refractivity contribution in [1.29, 1.82) is 0 Å². The Kier molecular flexibility index (Phi) is 3.34. The van der Waals surface area contributed by atoms with E-state index >= 15 is 0 Å². The summed E-state index contributed by atoms with van der Waals surface area (Å²) in [4.78, 5) is 33.3. The number of carbonyl (C=O) groups is 3. The Morgan fingerprint density at radius 2 is 2.29 bits per heavy atom. The Hall–Kier alpha value is -1.24. The Balaban J connectivity index is 2.73. The van der Waals surface area contributed by atoms with Crippen molar-refractivity contribution < 1.29 is 19.5 Å². The van der Waals surface area contributed by atoms with Crippen molar-refractivity contribution in [2.75, 3.05) is 12.0 Å². The maximum Gasteiger partial charge on any atom is 0.416 e. The quantitative estimate of drug-likeness (QED) is 0.667. The molecule has 78 valence electrons. The highest BCUT2D eigenvalue weighted by Crippen LogP contribution is 2.14. The van der Waals surface area contributed by atoms with Gasteiger partial charge in [0, 0.05) is 0 Å². The number of hydrogen-bond acceptors (Lipinski definition) is 4. The number of urea groups is 1. The zero-order valence-electron chi connectivity index (χ0n) is 7.52. The Bertz CT molecular complexity index is 281. The first-order chi connectivity index (χ1) is 6.57. The molecule has 1 fully saturated rings. The van der Waals surface area contributed by atoms with Gasteiger partial charge in [0.25, 0.3) is 5.91 Å². The van der Waals surface area contributed by atoms with Crippen LogP contribution in [0.3, 0.4) is 0 Å². The van der Waals surface area contributed by atoms with E-state index in [0.29, 0.717) is 17.1 Å². The number of imide groups is 2. The van der Waals surface area contributed by atoms with Crippen LogP contribution in [0.5, 0.6) is 0 Å². The molecule has 1 atom stereocenters. The molecule has 1 rings (SSSR count). The highest BCUT2D eigenvalue weighted by Gasteiger charge is 2.41. The van der Waals surface area contributed by atoms with Crippen LogP contribution in [0.15, 0.2) is 0 Å². The molecule has 0 aromatic rings. The molecule has 1 unspecified atom stereocenters. The smallest absolute Gasteiger partial charge is 0.416 e. The lowest BCUT2D eigenvalue weighted by molar-refractivity contribution is -0.121. The number of nitrogens with one attached hydrogen (secondary N) is 1. The van der Waals surface area contributed by atoms with E-state index in [1.807, 2.05) is 11.6 Å². The molecule has 7 heteroatoms. The molecule has 2 N–H and O–H groups in total. The summed E-state index contributed by atoms with van der Waals surface area (Å²) in [6.45, 7) is 0. The maximum atomic E-state index is 11.2. The largest absolute Gasteiger partial charge is 0.465 e. The third-order valence-electron chi connectivity index (χ3n) is 1.86. The van der Waals surface area contributed by atoms with E-state index < -0.39 is 24.1 Å². The lowest BCUT2D eigenvalue weighted by atomic mass is 10.2. The topological polar surface area (TPSA) is 86.7 Å². The molecule has 0 aromatic carbocycles. The predicted octanol–water partition coefficient (Wildman–Crippen LogP) is 0.338. The van der Waals surface area contributed by atoms with Crippen molar-refractivity contribution in [1.82, 2.24) is 10.2 Å². The second-order valence-electron chi connectivity index (χ2n) is 2.74. The van der Waals surface area contributed by atoms with Gasteiger partial charge in [-0.15, -0.1) is 0 Å². The second-order valence-corrected chi connectivity index (χ2v) is 3.73. The third-order valence-corrected chi connectivity index (χ3v) is 2.51. The first-order valence-electron chi connectivity index (χ1n) is 3.94. The predicted molar refractivity (Wildman–Crippen MR) is 50.2 cm³/mol. The standard InChI is InChI=1S/C7H10N2O4S/c1-14-3-2-4-5(10)8-6(11)9(4)7(12)13/h4H,2-3H2,1H3,(H,12,13)(H,8,10,11). The van der Waals surface area contributed by atoms with Crippen molar-refractivity contribution in [3.05, 3.63) is 0 Å². The fourth-order valence-corrected chi connectivity index (χ4v) is 1.68. The van der Waals surface area contributed by atoms with Gasteiger partial charge in [0.15, 0.2) is 0 Å². The summed E-state index contributed by atoms with van der Waals surface area (Å²) in [5, 5.41) is 10.6. The second kappa shape index (κ2) is 4.32. The summed E-state index contributed by atoms with van der Waals surface area (Å²) in [7, 11) is 0. The van der Waals surface area contributed by atoms with E-state index in [4.69, 9.17) is 5.11 Å². The number of carboxylic acid groups (broad SMARTS) is 1. The van der Waals surface area contributed by atoms with Gasteiger partial charge in [-0.25, -0.2) is 14.5 Å². The molecule has 1 heterocycles. The minimum absolute atomic E-state index is 0.352. The van der Waals surface area contributed by atoms with Crippen LogP contribution in [-0.4, -0.2) is 46.1 Å². The number of rotatable bonds is 3. The molecule has 0 aliphatic carbocycles. The first-order valence-corrected chi connectivity index (χ1v) is 5.33. The van der Waals surface area contributed by atoms with Gasteiger partial charge in [-0.05, 0) is 18.4 Å². The first kappa shape index (κ1) is 10.8. The normalized spacial score (nSPS) is 21.2. The lowest BCUT2D eigenvalue weighted by Crippen LogP contribution is -2.39. The van der Waals surface area contributed by atoms with E-state index in [2.05, 4.69) is 0 Å². The van der Waals surface area contributed by atoms with Crippen LogP contribution in [-0.2, 0) is 4.79 Å². The number of nitrogens with zero attached hydrogens (tertiary/aromatic N) is 1. The van der Waals surface area contributed by atoms with Gasteiger partial charge < -0.3 is 5.11 Å². The zero-order valence-corrected chi connectivity index (χ0v) is 8.34. The molecule has 1 aliphatic rings. The molecule has 6 nitrogen and oxygen atoms in total. The molecular formula is C7H10N2O4S. The Morgan fingerprint density at radius 1 is 1.64 bits per heavy atom. The average Bonchev–Trinajstić information content (AvgIpc) is 2.37. The van der Waals surface area contributed by atoms with E-state index in [9.17, 15) is 14.4 Å². The van der Waals surface area contributed by atoms with Gasteiger partial charge in [0.1, 0.15) is 6.04 Å². The van der Waals surface area contributed by atoms with E-state index in [-0.39, 0.29) is 0 Å². The molecule has 14 heavy (non-hydrogen) atoms. The Labute approximate surface area is 84.6 Å². The summed E-state index contributed by atoms with van der Waals surface area (Å²) in [5.74, 6) is 0.0984. The summed E-state index contributed by atoms with van der Waals surface area (Å²) < 4.78 is 0. The van der Waals surface area contributed by atoms with Gasteiger partial charge in [0.2, 0.25) is 0 Å². The maximum absolute atomic E-state index is 11.2. The van der Waals surface area contributed by atoms with E-state index in [1.54, 1.807) is 0 Å². The van der Waals surface area contributed by atoms with Crippen LogP contribution in [0.1, 0.15) is 6.42 Å².